The van der Waals surface area contributed by atoms with Crippen LogP contribution in [0, 0.1) is 0 Å². The Hall–Kier alpha value is -2.37. The number of para-hydroxylation sites is 2. The molecule has 0 saturated carbocycles. The van der Waals surface area contributed by atoms with Gasteiger partial charge in [-0.3, -0.25) is 4.57 Å². The van der Waals surface area contributed by atoms with E-state index in [1.165, 1.54) is 0 Å². The molecule has 0 aliphatic heterocycles. The topological polar surface area (TPSA) is 43.6 Å². The molecule has 4 rings (SSSR count). The van der Waals surface area contributed by atoms with Gasteiger partial charge in [-0.1, -0.05) is 59.8 Å². The number of pyridine rings is 1. The third kappa shape index (κ3) is 3.00. The molecule has 118 valence electrons. The zero-order chi connectivity index (χ0) is 16.4. The SMILES string of the molecule is Clc1nc2ccccc2cc1CSc1nncn1-c1ccccc1. The van der Waals surface area contributed by atoms with Crippen molar-refractivity contribution in [3.05, 3.63) is 77.7 Å². The third-order valence-corrected chi connectivity index (χ3v) is 4.98. The fourth-order valence-electron chi connectivity index (χ4n) is 2.47. The standard InChI is InChI=1S/C18H13ClN4S/c19-17-14(10-13-6-4-5-9-16(13)21-17)11-24-18-22-20-12-23(18)15-7-2-1-3-8-15/h1-10,12H,11H2. The van der Waals surface area contributed by atoms with Crippen molar-refractivity contribution < 1.29 is 0 Å². The van der Waals surface area contributed by atoms with Gasteiger partial charge in [0, 0.05) is 22.4 Å². The van der Waals surface area contributed by atoms with Crippen LogP contribution in [0.1, 0.15) is 5.56 Å². The summed E-state index contributed by atoms with van der Waals surface area (Å²) in [7, 11) is 0. The number of halogens is 1. The Bertz CT molecular complexity index is 985. The van der Waals surface area contributed by atoms with E-state index in [1.54, 1.807) is 18.1 Å². The average molecular weight is 353 g/mol. The highest BCUT2D eigenvalue weighted by atomic mass is 35.5. The fraction of sp³-hybridized carbons (Fsp3) is 0.0556. The monoisotopic (exact) mass is 352 g/mol. The predicted molar refractivity (Wildman–Crippen MR) is 97.7 cm³/mol. The van der Waals surface area contributed by atoms with Crippen molar-refractivity contribution in [1.29, 1.82) is 0 Å². The minimum Gasteiger partial charge on any atom is -0.277 e. The minimum atomic E-state index is 0.534. The molecule has 0 N–H and O–H groups in total. The number of benzene rings is 2. The van der Waals surface area contributed by atoms with Crippen LogP contribution in [0.25, 0.3) is 16.6 Å². The van der Waals surface area contributed by atoms with Crippen LogP contribution >= 0.6 is 23.4 Å². The van der Waals surface area contributed by atoms with Crippen molar-refractivity contribution in [1.82, 2.24) is 19.7 Å². The predicted octanol–water partition coefficient (Wildman–Crippen LogP) is 4.76. The Labute approximate surface area is 148 Å². The lowest BCUT2D eigenvalue weighted by Gasteiger charge is -2.07. The number of thioether (sulfide) groups is 1. The lowest BCUT2D eigenvalue weighted by atomic mass is 10.2. The van der Waals surface area contributed by atoms with Gasteiger partial charge < -0.3 is 0 Å². The van der Waals surface area contributed by atoms with Crippen molar-refractivity contribution in [3.63, 3.8) is 0 Å². The molecule has 2 heterocycles. The maximum Gasteiger partial charge on any atom is 0.195 e. The number of aromatic nitrogens is 4. The van der Waals surface area contributed by atoms with Gasteiger partial charge in [0.25, 0.3) is 0 Å². The Kier molecular flexibility index (Phi) is 4.19. The Morgan fingerprint density at radius 2 is 1.79 bits per heavy atom. The highest BCUT2D eigenvalue weighted by Crippen LogP contribution is 2.28. The molecule has 6 heteroatoms. The van der Waals surface area contributed by atoms with Gasteiger partial charge >= 0.3 is 0 Å². The van der Waals surface area contributed by atoms with Gasteiger partial charge in [0.1, 0.15) is 11.5 Å². The molecule has 0 saturated heterocycles. The molecule has 0 bridgehead atoms. The van der Waals surface area contributed by atoms with Gasteiger partial charge in [-0.25, -0.2) is 4.98 Å². The normalized spacial score (nSPS) is 11.0. The molecule has 2 aromatic carbocycles. The summed E-state index contributed by atoms with van der Waals surface area (Å²) in [4.78, 5) is 4.47. The highest BCUT2D eigenvalue weighted by Gasteiger charge is 2.10. The molecule has 24 heavy (non-hydrogen) atoms. The summed E-state index contributed by atoms with van der Waals surface area (Å²) in [6.07, 6.45) is 1.72. The highest BCUT2D eigenvalue weighted by molar-refractivity contribution is 7.98. The smallest absolute Gasteiger partial charge is 0.195 e. The van der Waals surface area contributed by atoms with Crippen molar-refractivity contribution in [2.75, 3.05) is 0 Å². The molecule has 0 aliphatic carbocycles. The zero-order valence-corrected chi connectivity index (χ0v) is 14.2. The molecule has 0 aliphatic rings. The Morgan fingerprint density at radius 3 is 2.67 bits per heavy atom. The summed E-state index contributed by atoms with van der Waals surface area (Å²) in [5.74, 6) is 0.683. The van der Waals surface area contributed by atoms with Crippen LogP contribution in [-0.2, 0) is 5.75 Å². The van der Waals surface area contributed by atoms with E-state index in [0.717, 1.165) is 27.3 Å². The molecule has 0 spiro atoms. The summed E-state index contributed by atoms with van der Waals surface area (Å²) in [5.41, 5.74) is 2.93. The van der Waals surface area contributed by atoms with Crippen LogP contribution in [0.3, 0.4) is 0 Å². The van der Waals surface area contributed by atoms with Gasteiger partial charge in [0.15, 0.2) is 5.16 Å². The molecule has 0 unspecified atom stereocenters. The molecule has 4 nitrogen and oxygen atoms in total. The maximum absolute atomic E-state index is 6.33. The van der Waals surface area contributed by atoms with E-state index in [-0.39, 0.29) is 0 Å². The van der Waals surface area contributed by atoms with Crippen LogP contribution in [0.2, 0.25) is 5.15 Å². The van der Waals surface area contributed by atoms with E-state index < -0.39 is 0 Å². The summed E-state index contributed by atoms with van der Waals surface area (Å²) >= 11 is 7.92. The number of fused-ring (bicyclic) bond motifs is 1. The molecule has 0 amide bonds. The maximum atomic E-state index is 6.33. The van der Waals surface area contributed by atoms with Gasteiger partial charge in [-0.15, -0.1) is 10.2 Å². The first-order valence-electron chi connectivity index (χ1n) is 7.44. The van der Waals surface area contributed by atoms with Gasteiger partial charge in [-0.05, 0) is 24.3 Å². The Balaban J connectivity index is 1.60. The average Bonchev–Trinajstić information content (AvgIpc) is 3.09. The largest absolute Gasteiger partial charge is 0.277 e. The summed E-state index contributed by atoms with van der Waals surface area (Å²) in [5, 5.41) is 10.7. The van der Waals surface area contributed by atoms with Crippen molar-refractivity contribution in [2.24, 2.45) is 0 Å². The van der Waals surface area contributed by atoms with Crippen LogP contribution in [-0.4, -0.2) is 19.7 Å². The second-order valence-corrected chi connectivity index (χ2v) is 6.54. The van der Waals surface area contributed by atoms with E-state index in [1.807, 2.05) is 59.2 Å². The van der Waals surface area contributed by atoms with Gasteiger partial charge in [0.2, 0.25) is 0 Å². The van der Waals surface area contributed by atoms with Gasteiger partial charge in [0.05, 0.1) is 5.52 Å². The molecular weight excluding hydrogens is 340 g/mol. The molecule has 4 aromatic rings. The molecule has 0 fully saturated rings. The summed E-state index contributed by atoms with van der Waals surface area (Å²) in [6, 6.07) is 20.1. The first-order chi connectivity index (χ1) is 11.8. The van der Waals surface area contributed by atoms with E-state index in [0.29, 0.717) is 10.9 Å². The van der Waals surface area contributed by atoms with Crippen molar-refractivity contribution in [3.8, 4) is 5.69 Å². The van der Waals surface area contributed by atoms with Crippen LogP contribution < -0.4 is 0 Å². The number of hydrogen-bond acceptors (Lipinski definition) is 4. The molecule has 2 aromatic heterocycles. The molecule has 0 atom stereocenters. The zero-order valence-electron chi connectivity index (χ0n) is 12.6. The third-order valence-electron chi connectivity index (χ3n) is 3.66. The van der Waals surface area contributed by atoms with Gasteiger partial charge in [-0.2, -0.15) is 0 Å². The van der Waals surface area contributed by atoms with Crippen LogP contribution in [0.15, 0.2) is 72.1 Å². The second-order valence-electron chi connectivity index (χ2n) is 5.24. The van der Waals surface area contributed by atoms with Crippen LogP contribution in [0.5, 0.6) is 0 Å². The second kappa shape index (κ2) is 6.63. The van der Waals surface area contributed by atoms with Crippen molar-refractivity contribution >= 4 is 34.3 Å². The molecule has 0 radical (unpaired) electrons. The Morgan fingerprint density at radius 1 is 1.00 bits per heavy atom. The van der Waals surface area contributed by atoms with E-state index in [2.05, 4.69) is 21.2 Å². The number of nitrogens with zero attached hydrogens (tertiary/aromatic N) is 4. The lowest BCUT2D eigenvalue weighted by molar-refractivity contribution is 0.884. The fourth-order valence-corrected chi connectivity index (χ4v) is 3.66. The lowest BCUT2D eigenvalue weighted by Crippen LogP contribution is -1.95. The summed E-state index contributed by atoms with van der Waals surface area (Å²) < 4.78 is 1.97. The first kappa shape index (κ1) is 15.2. The summed E-state index contributed by atoms with van der Waals surface area (Å²) in [6.45, 7) is 0. The van der Waals surface area contributed by atoms with E-state index >= 15 is 0 Å². The minimum absolute atomic E-state index is 0.534. The number of rotatable bonds is 4. The van der Waals surface area contributed by atoms with E-state index in [9.17, 15) is 0 Å². The first-order valence-corrected chi connectivity index (χ1v) is 8.80. The van der Waals surface area contributed by atoms with E-state index in [4.69, 9.17) is 11.6 Å². The van der Waals surface area contributed by atoms with Crippen molar-refractivity contribution in [2.45, 2.75) is 10.9 Å². The molecular formula is C18H13ClN4S. The quantitative estimate of drug-likeness (QED) is 0.392. The van der Waals surface area contributed by atoms with Crippen LogP contribution in [0.4, 0.5) is 0 Å². The number of hydrogen-bond donors (Lipinski definition) is 0.